The Labute approximate surface area is 44.8 Å². The van der Waals surface area contributed by atoms with Crippen LogP contribution in [0.1, 0.15) is 0 Å². The molecule has 0 aromatic carbocycles. The summed E-state index contributed by atoms with van der Waals surface area (Å²) in [5, 5.41) is 6.57. The van der Waals surface area contributed by atoms with Crippen LogP contribution >= 0.6 is 17.9 Å². The predicted octanol–water partition coefficient (Wildman–Crippen LogP) is 2.02. The molecular weight excluding hydrogens is 136 g/mol. The average molecular weight is 139 g/mol. The van der Waals surface area contributed by atoms with Gasteiger partial charge in [-0.2, -0.15) is 0 Å². The molecule has 0 heterocycles. The maximum atomic E-state index is 7.60. The zero-order valence-corrected chi connectivity index (χ0v) is 4.89. The maximum absolute atomic E-state index is 7.60. The van der Waals surface area contributed by atoms with Gasteiger partial charge in [-0.15, -0.1) is 0 Å². The topological polar surface area (TPSA) is 98.6 Å². The molecule has 0 aliphatic heterocycles. The van der Waals surface area contributed by atoms with Crippen molar-refractivity contribution in [3.63, 3.8) is 0 Å². The lowest BCUT2D eigenvalue weighted by Crippen LogP contribution is -1.76. The minimum absolute atomic E-state index is 2.24. The fourth-order valence-electron chi connectivity index (χ4n) is 0.0582. The van der Waals surface area contributed by atoms with E-state index in [2.05, 4.69) is 9.80 Å². The fraction of sp³-hybridized carbons (Fsp3) is 0. The number of halogens is 1. The van der Waals surface area contributed by atoms with Crippen LogP contribution in [0, 0.1) is 5.16 Å². The van der Waals surface area contributed by atoms with Crippen LogP contribution in [-0.2, 0) is 0 Å². The zero-order valence-electron chi connectivity index (χ0n) is 3.24. The first kappa shape index (κ1) is 6.79. The molecule has 0 fully saturated rings. The summed E-state index contributed by atoms with van der Waals surface area (Å²) < 4.78 is 0. The molecule has 0 spiro atoms. The molecule has 0 aromatic heterocycles. The number of nitrogens with two attached hydrogens (primary N) is 1. The van der Waals surface area contributed by atoms with Crippen LogP contribution in [0.5, 0.6) is 0 Å². The Morgan fingerprint density at radius 1 is 2.00 bits per heavy atom. The Kier molecular flexibility index (Phi) is 2.12. The van der Waals surface area contributed by atoms with E-state index in [4.69, 9.17) is 27.4 Å². The highest BCUT2D eigenvalue weighted by Crippen LogP contribution is 2.44. The van der Waals surface area contributed by atoms with E-state index in [1.807, 2.05) is 0 Å². The molecule has 0 saturated carbocycles. The summed E-state index contributed by atoms with van der Waals surface area (Å²) >= 11 is 4.97. The van der Waals surface area contributed by atoms with Crippen LogP contribution in [0.3, 0.4) is 0 Å². The quantitative estimate of drug-likeness (QED) is 0.247. The summed E-state index contributed by atoms with van der Waals surface area (Å²) in [6.07, 6.45) is 0. The van der Waals surface area contributed by atoms with E-state index in [9.17, 15) is 0 Å². The van der Waals surface area contributed by atoms with Crippen molar-refractivity contribution < 1.29 is 0 Å². The molecule has 3 N–H and O–H groups in total. The molecular formula is H3ClN5P. The first-order chi connectivity index (χ1) is 3.06. The first-order valence-electron chi connectivity index (χ1n) is 1.25. The lowest BCUT2D eigenvalue weighted by molar-refractivity contribution is 1.52. The van der Waals surface area contributed by atoms with Gasteiger partial charge in [0.1, 0.15) is 0 Å². The Morgan fingerprint density at radius 2 is 2.43 bits per heavy atom. The van der Waals surface area contributed by atoms with E-state index in [0.29, 0.717) is 0 Å². The zero-order chi connectivity index (χ0) is 5.91. The fourth-order valence-corrected chi connectivity index (χ4v) is 0.265. The van der Waals surface area contributed by atoms with Crippen LogP contribution in [-0.4, -0.2) is 0 Å². The molecule has 0 bridgehead atoms. The first-order valence-corrected chi connectivity index (χ1v) is 3.97. The molecule has 1 atom stereocenters. The Morgan fingerprint density at radius 3 is 2.43 bits per heavy atom. The van der Waals surface area contributed by atoms with E-state index in [0.717, 1.165) is 0 Å². The molecule has 0 aliphatic rings. The molecule has 0 saturated heterocycles. The van der Waals surface area contributed by atoms with Gasteiger partial charge in [-0.3, -0.25) is 10.7 Å². The van der Waals surface area contributed by atoms with Gasteiger partial charge < -0.3 is 0 Å². The molecule has 0 aliphatic carbocycles. The average Bonchev–Trinajstić information content (AvgIpc) is 1.30. The van der Waals surface area contributed by atoms with Crippen molar-refractivity contribution in [2.24, 2.45) is 10.4 Å². The lowest BCUT2D eigenvalue weighted by atomic mass is 13.0. The minimum Gasteiger partial charge on any atom is -0.285 e. The Hall–Kier alpha value is -0.210. The molecule has 40 valence electrons. The van der Waals surface area contributed by atoms with Gasteiger partial charge in [0.25, 0.3) is 0 Å². The standard InChI is InChI=1S/ClH3N5P/c1-7(3,4)6-5-2/h(H3,3,4). The second-order valence-electron chi connectivity index (χ2n) is 0.781. The van der Waals surface area contributed by atoms with E-state index >= 15 is 0 Å². The summed E-state index contributed by atoms with van der Waals surface area (Å²) in [6.45, 7) is -2.99. The lowest BCUT2D eigenvalue weighted by Gasteiger charge is -1.90. The largest absolute Gasteiger partial charge is 0.285 e. The van der Waals surface area contributed by atoms with Gasteiger partial charge in [-0.05, 0) is 10.4 Å². The van der Waals surface area contributed by atoms with Crippen molar-refractivity contribution in [1.82, 2.24) is 0 Å². The van der Waals surface area contributed by atoms with Crippen LogP contribution in [0.25, 0.3) is 10.4 Å². The van der Waals surface area contributed by atoms with Crippen molar-refractivity contribution in [2.45, 2.75) is 0 Å². The Balaban J connectivity index is 4.10. The summed E-state index contributed by atoms with van der Waals surface area (Å²) in [5.74, 6) is 0. The van der Waals surface area contributed by atoms with Crippen molar-refractivity contribution >= 4 is 17.9 Å². The number of nitrogens with one attached hydrogen (secondary N) is 1. The van der Waals surface area contributed by atoms with Crippen LogP contribution in [0.15, 0.2) is 4.88 Å². The summed E-state index contributed by atoms with van der Waals surface area (Å²) in [7, 11) is 0. The molecule has 5 nitrogen and oxygen atoms in total. The molecule has 1 unspecified atom stereocenters. The van der Waals surface area contributed by atoms with Crippen LogP contribution < -0.4 is 5.50 Å². The van der Waals surface area contributed by atoms with E-state index in [1.165, 1.54) is 0 Å². The van der Waals surface area contributed by atoms with Crippen molar-refractivity contribution in [1.29, 1.82) is 5.16 Å². The molecule has 0 radical (unpaired) electrons. The third kappa shape index (κ3) is 5.79. The van der Waals surface area contributed by atoms with E-state index in [-0.39, 0.29) is 0 Å². The molecule has 7 heavy (non-hydrogen) atoms. The van der Waals surface area contributed by atoms with E-state index in [1.54, 1.807) is 0 Å². The summed E-state index contributed by atoms with van der Waals surface area (Å²) in [4.78, 5) is 5.00. The number of hydrogen-bond acceptors (Lipinski definition) is 1. The number of rotatable bonds is 1. The van der Waals surface area contributed by atoms with Crippen molar-refractivity contribution in [3.05, 3.63) is 10.4 Å². The highest BCUT2D eigenvalue weighted by molar-refractivity contribution is 7.87. The minimum atomic E-state index is -2.99. The van der Waals surface area contributed by atoms with Crippen molar-refractivity contribution in [2.75, 3.05) is 0 Å². The third-order valence-corrected chi connectivity index (χ3v) is 0.713. The van der Waals surface area contributed by atoms with Gasteiger partial charge in [-0.25, -0.2) is 0 Å². The normalized spacial score (nSPS) is 16.9. The van der Waals surface area contributed by atoms with Gasteiger partial charge in [0.2, 0.25) is 0 Å². The summed E-state index contributed by atoms with van der Waals surface area (Å²) in [5.41, 5.74) is 12.4. The van der Waals surface area contributed by atoms with Crippen LogP contribution in [0.4, 0.5) is 0 Å². The number of hydrogen-bond donors (Lipinski definition) is 2. The predicted molar refractivity (Wildman–Crippen MR) is 28.8 cm³/mol. The molecule has 0 aromatic rings. The van der Waals surface area contributed by atoms with Gasteiger partial charge in [-0.1, -0.05) is 11.2 Å². The maximum Gasteiger partial charge on any atom is 0.197 e. The second kappa shape index (κ2) is 2.19. The Bertz CT molecular complexity index is 136. The smallest absolute Gasteiger partial charge is 0.197 e. The molecule has 0 rings (SSSR count). The van der Waals surface area contributed by atoms with Gasteiger partial charge >= 0.3 is 0 Å². The molecule has 7 heteroatoms. The van der Waals surface area contributed by atoms with Gasteiger partial charge in [0.15, 0.2) is 6.71 Å². The van der Waals surface area contributed by atoms with E-state index < -0.39 is 6.71 Å². The third-order valence-electron chi connectivity index (χ3n) is 0.170. The van der Waals surface area contributed by atoms with Gasteiger partial charge in [0, 0.05) is 4.91 Å². The van der Waals surface area contributed by atoms with Crippen LogP contribution in [0.2, 0.25) is 0 Å². The highest BCUT2D eigenvalue weighted by Gasteiger charge is 1.96. The summed E-state index contributed by atoms with van der Waals surface area (Å²) in [6, 6.07) is 0. The highest BCUT2D eigenvalue weighted by atomic mass is 35.7. The SMILES string of the molecule is [N-]=[N+]=NP(=N)(N)Cl. The number of nitrogens with zero attached hydrogens (tertiary/aromatic N) is 3. The second-order valence-corrected chi connectivity index (χ2v) is 3.71. The molecule has 0 amide bonds. The monoisotopic (exact) mass is 139 g/mol. The van der Waals surface area contributed by atoms with Gasteiger partial charge in [0.05, 0.1) is 0 Å². The van der Waals surface area contributed by atoms with Crippen molar-refractivity contribution in [3.8, 4) is 0 Å². The number of azide groups is 1.